The molecule has 0 saturated carbocycles. The van der Waals surface area contributed by atoms with Gasteiger partial charge in [-0.3, -0.25) is 0 Å². The van der Waals surface area contributed by atoms with Crippen LogP contribution in [0, 0.1) is 11.7 Å². The molecule has 148 valence electrons. The zero-order valence-corrected chi connectivity index (χ0v) is 15.8. The van der Waals surface area contributed by atoms with Gasteiger partial charge in [-0.1, -0.05) is 29.3 Å². The van der Waals surface area contributed by atoms with Crippen LogP contribution in [-0.4, -0.2) is 46.4 Å². The number of guanidine groups is 1. The summed E-state index contributed by atoms with van der Waals surface area (Å²) < 4.78 is 53.1. The van der Waals surface area contributed by atoms with E-state index in [9.17, 15) is 17.6 Å². The number of alkyl halides is 3. The summed E-state index contributed by atoms with van der Waals surface area (Å²) in [5, 5.41) is 6.13. The van der Waals surface area contributed by atoms with Gasteiger partial charge < -0.3 is 0 Å². The fraction of sp³-hybridized carbons (Fsp3) is 0.353. The van der Waals surface area contributed by atoms with Gasteiger partial charge in [0.2, 0.25) is 0 Å². The molecule has 5 nitrogen and oxygen atoms in total. The van der Waals surface area contributed by atoms with Gasteiger partial charge in [0.05, 0.1) is 29.6 Å². The van der Waals surface area contributed by atoms with Crippen molar-refractivity contribution in [1.29, 1.82) is 0 Å². The van der Waals surface area contributed by atoms with E-state index in [2.05, 4.69) is 15.1 Å². The lowest BCUT2D eigenvalue weighted by Gasteiger charge is -2.39. The maximum Gasteiger partial charge on any atom is 0.391 e. The van der Waals surface area contributed by atoms with E-state index < -0.39 is 17.9 Å². The Hall–Kier alpha value is -1.81. The predicted octanol–water partition coefficient (Wildman–Crippen LogP) is 4.79. The number of aliphatic imine (C=N–C) groups is 2. The van der Waals surface area contributed by atoms with E-state index in [1.165, 1.54) is 30.7 Å². The van der Waals surface area contributed by atoms with Gasteiger partial charge in [-0.25, -0.2) is 4.39 Å². The first-order valence-electron chi connectivity index (χ1n) is 8.47. The molecule has 11 heteroatoms. The van der Waals surface area contributed by atoms with E-state index >= 15 is 0 Å². The number of rotatable bonds is 2. The molecule has 3 aliphatic heterocycles. The highest BCUT2D eigenvalue weighted by molar-refractivity contribution is 6.77. The van der Waals surface area contributed by atoms with Crippen LogP contribution in [-0.2, 0) is 0 Å². The van der Waals surface area contributed by atoms with Crippen molar-refractivity contribution >= 4 is 46.2 Å². The second kappa shape index (κ2) is 6.91. The molecule has 0 bridgehead atoms. The first kappa shape index (κ1) is 19.5. The van der Waals surface area contributed by atoms with Crippen LogP contribution in [0.15, 0.2) is 39.5 Å². The molecule has 1 aromatic rings. The van der Waals surface area contributed by atoms with Crippen molar-refractivity contribution in [1.82, 2.24) is 5.01 Å². The largest absolute Gasteiger partial charge is 0.391 e. The van der Waals surface area contributed by atoms with Gasteiger partial charge in [0, 0.05) is 5.56 Å². The standard InChI is InChI=1S/C17H14Cl2F4N5/c18-12-2-1-3-13(20)14(12)11-8-28(16(24-9-25-28)26-15(11)19)27-6-4-10(5-7-27)17(21,22)23/h1-3,8-10H,4-7H2/q+1. The summed E-state index contributed by atoms with van der Waals surface area (Å²) in [5.41, 5.74) is 0.266. The number of piperidine rings is 1. The Balaban J connectivity index is 1.73. The number of benzene rings is 1. The van der Waals surface area contributed by atoms with E-state index in [-0.39, 0.29) is 57.9 Å². The van der Waals surface area contributed by atoms with Crippen LogP contribution in [0.3, 0.4) is 0 Å². The summed E-state index contributed by atoms with van der Waals surface area (Å²) in [6.45, 7) is 0.227. The van der Waals surface area contributed by atoms with Gasteiger partial charge in [0.25, 0.3) is 0 Å². The van der Waals surface area contributed by atoms with E-state index in [1.807, 2.05) is 0 Å². The summed E-state index contributed by atoms with van der Waals surface area (Å²) in [7, 11) is 0. The highest BCUT2D eigenvalue weighted by atomic mass is 35.5. The van der Waals surface area contributed by atoms with Gasteiger partial charge in [0.15, 0.2) is 17.7 Å². The topological polar surface area (TPSA) is 40.3 Å². The third-order valence-electron chi connectivity index (χ3n) is 5.02. The van der Waals surface area contributed by atoms with Gasteiger partial charge in [0.1, 0.15) is 5.82 Å². The smallest absolute Gasteiger partial charge is 0.206 e. The second-order valence-corrected chi connectivity index (χ2v) is 7.39. The maximum absolute atomic E-state index is 14.4. The molecule has 3 aliphatic rings. The number of hydrogen-bond acceptors (Lipinski definition) is 4. The summed E-state index contributed by atoms with van der Waals surface area (Å²) in [6.07, 6.45) is -1.60. The molecule has 3 heterocycles. The maximum atomic E-state index is 14.4. The molecule has 0 N–H and O–H groups in total. The Morgan fingerprint density at radius 3 is 2.50 bits per heavy atom. The Morgan fingerprint density at radius 2 is 1.86 bits per heavy atom. The SMILES string of the molecule is Fc1cccc(Cl)c1C1=C[N+]2(N3CCC(C(F)(F)F)CC3)N=CN=C2N=C1Cl. The highest BCUT2D eigenvalue weighted by Gasteiger charge is 2.51. The third kappa shape index (κ3) is 3.16. The van der Waals surface area contributed by atoms with Gasteiger partial charge in [-0.15, -0.1) is 5.01 Å². The Morgan fingerprint density at radius 1 is 1.14 bits per heavy atom. The van der Waals surface area contributed by atoms with Crippen molar-refractivity contribution in [3.8, 4) is 0 Å². The average Bonchev–Trinajstić information content (AvgIpc) is 3.05. The molecule has 1 atom stereocenters. The summed E-state index contributed by atoms with van der Waals surface area (Å²) in [6, 6.07) is 4.21. The van der Waals surface area contributed by atoms with E-state index in [0.717, 1.165) is 0 Å². The molecule has 28 heavy (non-hydrogen) atoms. The number of halogens is 6. The molecule has 1 unspecified atom stereocenters. The number of nitrogens with zero attached hydrogens (tertiary/aromatic N) is 5. The van der Waals surface area contributed by atoms with Crippen LogP contribution >= 0.6 is 23.2 Å². The van der Waals surface area contributed by atoms with Crippen LogP contribution in [0.5, 0.6) is 0 Å². The van der Waals surface area contributed by atoms with Crippen molar-refractivity contribution < 1.29 is 22.3 Å². The van der Waals surface area contributed by atoms with Crippen molar-refractivity contribution in [2.24, 2.45) is 21.0 Å². The number of hydrogen-bond donors (Lipinski definition) is 0. The van der Waals surface area contributed by atoms with Crippen LogP contribution in [0.4, 0.5) is 17.6 Å². The lowest BCUT2D eigenvalue weighted by atomic mass is 9.97. The quantitative estimate of drug-likeness (QED) is 0.487. The molecule has 0 aliphatic carbocycles. The van der Waals surface area contributed by atoms with E-state index in [0.29, 0.717) is 0 Å². The molecular formula is C17H14Cl2F4N5+. The zero-order valence-electron chi connectivity index (χ0n) is 14.3. The van der Waals surface area contributed by atoms with E-state index in [1.54, 1.807) is 5.01 Å². The third-order valence-corrected chi connectivity index (χ3v) is 5.63. The van der Waals surface area contributed by atoms with Gasteiger partial charge in [-0.05, 0) is 34.8 Å². The highest BCUT2D eigenvalue weighted by Crippen LogP contribution is 2.40. The Labute approximate surface area is 167 Å². The van der Waals surface area contributed by atoms with Crippen molar-refractivity contribution in [3.05, 3.63) is 40.8 Å². The van der Waals surface area contributed by atoms with Gasteiger partial charge in [-0.2, -0.15) is 23.2 Å². The molecule has 0 aromatic heterocycles. The Kier molecular flexibility index (Phi) is 4.81. The van der Waals surface area contributed by atoms with Crippen molar-refractivity contribution in [2.45, 2.75) is 19.0 Å². The molecule has 4 rings (SSSR count). The molecule has 0 spiro atoms. The van der Waals surface area contributed by atoms with Crippen LogP contribution < -0.4 is 0 Å². The van der Waals surface area contributed by atoms with Crippen LogP contribution in [0.25, 0.3) is 5.57 Å². The fourth-order valence-corrected chi connectivity index (χ4v) is 4.05. The van der Waals surface area contributed by atoms with Crippen LogP contribution in [0.2, 0.25) is 5.02 Å². The minimum absolute atomic E-state index is 0.0184. The van der Waals surface area contributed by atoms with Crippen molar-refractivity contribution in [3.63, 3.8) is 0 Å². The van der Waals surface area contributed by atoms with Gasteiger partial charge >= 0.3 is 12.1 Å². The van der Waals surface area contributed by atoms with Crippen LogP contribution in [0.1, 0.15) is 18.4 Å². The molecule has 1 aromatic carbocycles. The number of allylic oxidation sites excluding steroid dienone is 1. The molecule has 0 amide bonds. The van der Waals surface area contributed by atoms with E-state index in [4.69, 9.17) is 23.2 Å². The summed E-state index contributed by atoms with van der Waals surface area (Å²) >= 11 is 12.4. The number of quaternary nitrogens is 1. The second-order valence-electron chi connectivity index (χ2n) is 6.62. The fourth-order valence-electron chi connectivity index (χ4n) is 3.57. The Bertz CT molecular complexity index is 912. The molecular weight excluding hydrogens is 421 g/mol. The first-order chi connectivity index (χ1) is 13.2. The zero-order chi connectivity index (χ0) is 20.1. The molecule has 1 fully saturated rings. The molecule has 1 saturated heterocycles. The predicted molar refractivity (Wildman–Crippen MR) is 99.2 cm³/mol. The summed E-state index contributed by atoms with van der Waals surface area (Å²) in [5.74, 6) is -1.77. The first-order valence-corrected chi connectivity index (χ1v) is 9.23. The monoisotopic (exact) mass is 434 g/mol. The lowest BCUT2D eigenvalue weighted by molar-refractivity contribution is -0.921. The number of fused-ring (bicyclic) bond motifs is 1. The summed E-state index contributed by atoms with van der Waals surface area (Å²) in [4.78, 5) is 8.31. The van der Waals surface area contributed by atoms with Crippen molar-refractivity contribution in [2.75, 3.05) is 13.1 Å². The normalized spacial score (nSPS) is 26.0. The minimum atomic E-state index is -4.23. The molecule has 0 radical (unpaired) electrons. The average molecular weight is 435 g/mol. The minimum Gasteiger partial charge on any atom is -0.206 e. The lowest BCUT2D eigenvalue weighted by Crippen LogP contribution is -2.59.